The zero-order valence-corrected chi connectivity index (χ0v) is 10.2. The number of ketones is 1. The van der Waals surface area contributed by atoms with Crippen LogP contribution in [-0.4, -0.2) is 20.5 Å². The molecule has 1 aromatic rings. The maximum absolute atomic E-state index is 12.7. The lowest BCUT2D eigenvalue weighted by molar-refractivity contribution is -0.138. The average Bonchev–Trinajstić information content (AvgIpc) is 2.13. The Morgan fingerprint density at radius 2 is 1.83 bits per heavy atom. The maximum Gasteiger partial charge on any atom is 0.417 e. The Morgan fingerprint density at radius 1 is 1.28 bits per heavy atom. The summed E-state index contributed by atoms with van der Waals surface area (Å²) in [5.41, 5.74) is -1.76. The van der Waals surface area contributed by atoms with Crippen molar-refractivity contribution in [2.45, 2.75) is 13.1 Å². The first kappa shape index (κ1) is 14.5. The lowest BCUT2D eigenvalue weighted by atomic mass is 10.0. The number of hydrogen-bond acceptors (Lipinski definition) is 4. The fourth-order valence-electron chi connectivity index (χ4n) is 1.29. The van der Waals surface area contributed by atoms with Crippen LogP contribution in [0.1, 0.15) is 22.8 Å². The van der Waals surface area contributed by atoms with Gasteiger partial charge >= 0.3 is 16.3 Å². The fourth-order valence-corrected chi connectivity index (χ4v) is 1.74. The van der Waals surface area contributed by atoms with Gasteiger partial charge in [0.2, 0.25) is 0 Å². The molecular formula is C10H9F3O4S. The third-order valence-electron chi connectivity index (χ3n) is 1.92. The molecule has 0 amide bonds. The molecule has 0 saturated heterocycles. The summed E-state index contributed by atoms with van der Waals surface area (Å²) in [6.45, 7) is 0.988. The smallest absolute Gasteiger partial charge is 0.383 e. The van der Waals surface area contributed by atoms with Gasteiger partial charge in [-0.05, 0) is 25.1 Å². The Bertz CT molecular complexity index is 575. The van der Waals surface area contributed by atoms with E-state index in [0.717, 1.165) is 19.1 Å². The van der Waals surface area contributed by atoms with E-state index >= 15 is 0 Å². The van der Waals surface area contributed by atoms with Gasteiger partial charge in [0, 0.05) is 5.56 Å². The van der Waals surface area contributed by atoms with E-state index in [0.29, 0.717) is 12.3 Å². The lowest BCUT2D eigenvalue weighted by Crippen LogP contribution is -2.13. The topological polar surface area (TPSA) is 60.4 Å². The molecular weight excluding hydrogens is 273 g/mol. The van der Waals surface area contributed by atoms with E-state index in [1.54, 1.807) is 0 Å². The van der Waals surface area contributed by atoms with Gasteiger partial charge in [-0.1, -0.05) is 0 Å². The molecule has 100 valence electrons. The van der Waals surface area contributed by atoms with E-state index in [9.17, 15) is 26.4 Å². The molecule has 0 spiro atoms. The zero-order valence-electron chi connectivity index (χ0n) is 9.41. The highest BCUT2D eigenvalue weighted by molar-refractivity contribution is 7.86. The lowest BCUT2D eigenvalue weighted by Gasteiger charge is -2.12. The molecule has 0 atom stereocenters. The van der Waals surface area contributed by atoms with Gasteiger partial charge in [0.05, 0.1) is 11.8 Å². The second-order valence-electron chi connectivity index (χ2n) is 3.55. The summed E-state index contributed by atoms with van der Waals surface area (Å²) >= 11 is 0. The summed E-state index contributed by atoms with van der Waals surface area (Å²) in [5.74, 6) is -1.26. The highest BCUT2D eigenvalue weighted by Gasteiger charge is 2.35. The molecule has 0 N–H and O–H groups in total. The van der Waals surface area contributed by atoms with Crippen molar-refractivity contribution < 1.29 is 30.6 Å². The van der Waals surface area contributed by atoms with Crippen LogP contribution in [0.5, 0.6) is 5.75 Å². The van der Waals surface area contributed by atoms with Crippen LogP contribution >= 0.6 is 0 Å². The number of halogens is 3. The van der Waals surface area contributed by atoms with Crippen LogP contribution in [-0.2, 0) is 16.3 Å². The maximum atomic E-state index is 12.7. The van der Waals surface area contributed by atoms with Gasteiger partial charge in [-0.2, -0.15) is 21.6 Å². The van der Waals surface area contributed by atoms with Gasteiger partial charge in [-0.3, -0.25) is 4.79 Å². The molecule has 0 aromatic heterocycles. The highest BCUT2D eigenvalue weighted by Crippen LogP contribution is 2.34. The van der Waals surface area contributed by atoms with E-state index in [1.165, 1.54) is 0 Å². The van der Waals surface area contributed by atoms with Gasteiger partial charge in [-0.25, -0.2) is 0 Å². The van der Waals surface area contributed by atoms with E-state index < -0.39 is 39.0 Å². The Labute approximate surface area is 101 Å². The van der Waals surface area contributed by atoms with Crippen molar-refractivity contribution >= 4 is 15.9 Å². The zero-order chi connectivity index (χ0) is 14.1. The molecule has 0 unspecified atom stereocenters. The summed E-state index contributed by atoms with van der Waals surface area (Å²) in [5, 5.41) is 0. The van der Waals surface area contributed by atoms with Crippen LogP contribution in [0.4, 0.5) is 13.2 Å². The summed E-state index contributed by atoms with van der Waals surface area (Å²) in [7, 11) is -3.92. The molecule has 0 radical (unpaired) electrons. The second-order valence-corrected chi connectivity index (χ2v) is 5.12. The minimum atomic E-state index is -4.77. The van der Waals surface area contributed by atoms with Crippen molar-refractivity contribution in [2.75, 3.05) is 6.26 Å². The summed E-state index contributed by atoms with van der Waals surface area (Å²) in [6.07, 6.45) is -4.06. The number of carbonyl (C=O) groups is 1. The largest absolute Gasteiger partial charge is 0.417 e. The SMILES string of the molecule is CC(=O)c1ccc(OS(C)(=O)=O)cc1C(F)(F)F. The van der Waals surface area contributed by atoms with E-state index in [2.05, 4.69) is 4.18 Å². The first-order chi connectivity index (χ1) is 8.00. The molecule has 8 heteroatoms. The molecule has 0 aliphatic heterocycles. The first-order valence-electron chi connectivity index (χ1n) is 4.62. The quantitative estimate of drug-likeness (QED) is 0.630. The third-order valence-corrected chi connectivity index (χ3v) is 2.42. The summed E-state index contributed by atoms with van der Waals surface area (Å²) in [6, 6.07) is 2.36. The van der Waals surface area contributed by atoms with Crippen LogP contribution in [0, 0.1) is 0 Å². The number of benzene rings is 1. The fraction of sp³-hybridized carbons (Fsp3) is 0.300. The standard InChI is InChI=1S/C10H9F3O4S/c1-6(14)8-4-3-7(17-18(2,15)16)5-9(8)10(11,12)13/h3-5H,1-2H3. The summed E-state index contributed by atoms with van der Waals surface area (Å²) in [4.78, 5) is 11.1. The monoisotopic (exact) mass is 282 g/mol. The molecule has 4 nitrogen and oxygen atoms in total. The Hall–Kier alpha value is -1.57. The average molecular weight is 282 g/mol. The van der Waals surface area contributed by atoms with Crippen LogP contribution in [0.25, 0.3) is 0 Å². The number of hydrogen-bond donors (Lipinski definition) is 0. The van der Waals surface area contributed by atoms with Crippen molar-refractivity contribution in [1.82, 2.24) is 0 Å². The molecule has 0 heterocycles. The van der Waals surface area contributed by atoms with E-state index in [4.69, 9.17) is 0 Å². The number of Topliss-reactive ketones (excluding diaryl/α,β-unsaturated/α-hetero) is 1. The van der Waals surface area contributed by atoms with Crippen LogP contribution in [0.2, 0.25) is 0 Å². The molecule has 0 bridgehead atoms. The first-order valence-corrected chi connectivity index (χ1v) is 6.44. The van der Waals surface area contributed by atoms with Gasteiger partial charge < -0.3 is 4.18 Å². The predicted molar refractivity (Wildman–Crippen MR) is 56.9 cm³/mol. The van der Waals surface area contributed by atoms with Gasteiger partial charge in [0.25, 0.3) is 0 Å². The molecule has 0 fully saturated rings. The highest BCUT2D eigenvalue weighted by atomic mass is 32.2. The minimum Gasteiger partial charge on any atom is -0.383 e. The molecule has 1 rings (SSSR count). The molecule has 18 heavy (non-hydrogen) atoms. The molecule has 0 aliphatic carbocycles. The van der Waals surface area contributed by atoms with Crippen molar-refractivity contribution in [3.05, 3.63) is 29.3 Å². The van der Waals surface area contributed by atoms with Crippen LogP contribution < -0.4 is 4.18 Å². The second kappa shape index (κ2) is 4.60. The van der Waals surface area contributed by atoms with Gasteiger partial charge in [0.15, 0.2) is 5.78 Å². The number of rotatable bonds is 3. The third kappa shape index (κ3) is 3.73. The molecule has 0 aliphatic rings. The van der Waals surface area contributed by atoms with Crippen LogP contribution in [0.3, 0.4) is 0 Å². The molecule has 0 saturated carbocycles. The van der Waals surface area contributed by atoms with Crippen molar-refractivity contribution in [1.29, 1.82) is 0 Å². The summed E-state index contributed by atoms with van der Waals surface area (Å²) < 4.78 is 63.9. The van der Waals surface area contributed by atoms with Gasteiger partial charge in [0.1, 0.15) is 5.75 Å². The predicted octanol–water partition coefficient (Wildman–Crippen LogP) is 2.25. The van der Waals surface area contributed by atoms with Crippen molar-refractivity contribution in [3.63, 3.8) is 0 Å². The van der Waals surface area contributed by atoms with Crippen molar-refractivity contribution in [3.8, 4) is 5.75 Å². The Kier molecular flexibility index (Phi) is 3.70. The molecule has 1 aromatic carbocycles. The number of carbonyl (C=O) groups excluding carboxylic acids is 1. The van der Waals surface area contributed by atoms with E-state index in [1.807, 2.05) is 0 Å². The normalized spacial score (nSPS) is 12.3. The van der Waals surface area contributed by atoms with Crippen molar-refractivity contribution in [2.24, 2.45) is 0 Å². The Morgan fingerprint density at radius 3 is 2.22 bits per heavy atom. The van der Waals surface area contributed by atoms with E-state index in [-0.39, 0.29) is 0 Å². The minimum absolute atomic E-state index is 0.484. The number of alkyl halides is 3. The van der Waals surface area contributed by atoms with Gasteiger partial charge in [-0.15, -0.1) is 0 Å². The van der Waals surface area contributed by atoms with Crippen LogP contribution in [0.15, 0.2) is 18.2 Å². The Balaban J connectivity index is 3.35.